The first-order valence-corrected chi connectivity index (χ1v) is 6.58. The lowest BCUT2D eigenvalue weighted by atomic mass is 10.3. The van der Waals surface area contributed by atoms with Crippen molar-refractivity contribution in [1.82, 2.24) is 9.78 Å². The quantitative estimate of drug-likeness (QED) is 0.870. The topological polar surface area (TPSA) is 65.1 Å². The average molecular weight is 365 g/mol. The highest BCUT2D eigenvalue weighted by Crippen LogP contribution is 2.36. The van der Waals surface area contributed by atoms with Gasteiger partial charge in [-0.3, -0.25) is 4.68 Å². The maximum atomic E-state index is 12.4. The minimum atomic E-state index is -4.79. The van der Waals surface area contributed by atoms with E-state index >= 15 is 0 Å². The summed E-state index contributed by atoms with van der Waals surface area (Å²) in [7, 11) is 1.63. The lowest BCUT2D eigenvalue weighted by Crippen LogP contribution is -2.18. The van der Waals surface area contributed by atoms with E-state index in [-0.39, 0.29) is 11.4 Å². The van der Waals surface area contributed by atoms with Crippen LogP contribution in [0.4, 0.5) is 30.4 Å². The predicted molar refractivity (Wildman–Crippen MR) is 76.5 cm³/mol. The zero-order chi connectivity index (χ0) is 15.8. The van der Waals surface area contributed by atoms with Gasteiger partial charge in [-0.2, -0.15) is 5.10 Å². The van der Waals surface area contributed by atoms with Crippen LogP contribution >= 0.6 is 15.9 Å². The summed E-state index contributed by atoms with van der Waals surface area (Å²) >= 11 is 3.10. The summed E-state index contributed by atoms with van der Waals surface area (Å²) in [5.74, 6) is 0.0250. The van der Waals surface area contributed by atoms with E-state index in [4.69, 9.17) is 5.73 Å². The molecule has 0 aliphatic rings. The normalized spacial score (nSPS) is 11.5. The minimum absolute atomic E-state index is 0.130. The number of hydrogen-bond donors (Lipinski definition) is 2. The van der Waals surface area contributed by atoms with Crippen molar-refractivity contribution in [3.05, 3.63) is 28.4 Å². The van der Waals surface area contributed by atoms with E-state index in [1.165, 1.54) is 16.8 Å². The molecule has 0 radical (unpaired) electrons. The predicted octanol–water partition coefficient (Wildman–Crippen LogP) is 3.72. The molecule has 0 spiro atoms. The van der Waals surface area contributed by atoms with E-state index in [0.29, 0.717) is 21.7 Å². The first kappa shape index (κ1) is 15.5. The Morgan fingerprint density at radius 2 is 2.05 bits per heavy atom. The molecule has 1 heterocycles. The maximum Gasteiger partial charge on any atom is 0.573 e. The monoisotopic (exact) mass is 364 g/mol. The summed E-state index contributed by atoms with van der Waals surface area (Å²) in [5, 5.41) is 6.89. The number of aromatic nitrogens is 2. The molecular formula is C12H12BrF3N4O. The fourth-order valence-corrected chi connectivity index (χ4v) is 2.10. The van der Waals surface area contributed by atoms with E-state index in [2.05, 4.69) is 31.1 Å². The number of hydrogen-bond acceptors (Lipinski definition) is 4. The van der Waals surface area contributed by atoms with Crippen molar-refractivity contribution in [2.75, 3.05) is 11.1 Å². The molecule has 1 aromatic carbocycles. The van der Waals surface area contributed by atoms with Crippen molar-refractivity contribution in [1.29, 1.82) is 0 Å². The van der Waals surface area contributed by atoms with Crippen LogP contribution in [0.25, 0.3) is 0 Å². The van der Waals surface area contributed by atoms with Crippen LogP contribution in [0.3, 0.4) is 0 Å². The SMILES string of the molecule is Cc1nn(C)c(Nc2ccc(Br)cc2OC(F)(F)F)c1N. The van der Waals surface area contributed by atoms with Crippen LogP contribution in [0.15, 0.2) is 22.7 Å². The standard InChI is InChI=1S/C12H12BrF3N4O/c1-6-10(17)11(20(2)19-6)18-8-4-3-7(13)5-9(8)21-12(14,15)16/h3-5,18H,17H2,1-2H3. The Bertz CT molecular complexity index is 669. The van der Waals surface area contributed by atoms with Crippen LogP contribution in [0.5, 0.6) is 5.75 Å². The van der Waals surface area contributed by atoms with Gasteiger partial charge in [0.2, 0.25) is 0 Å². The molecule has 21 heavy (non-hydrogen) atoms. The number of halogens is 4. The number of benzene rings is 1. The number of nitrogens with one attached hydrogen (secondary N) is 1. The highest BCUT2D eigenvalue weighted by molar-refractivity contribution is 9.10. The number of nitrogen functional groups attached to an aromatic ring is 1. The smallest absolute Gasteiger partial charge is 0.404 e. The molecule has 0 unspecified atom stereocenters. The fourth-order valence-electron chi connectivity index (χ4n) is 1.76. The van der Waals surface area contributed by atoms with Gasteiger partial charge in [0.05, 0.1) is 17.1 Å². The van der Waals surface area contributed by atoms with Crippen LogP contribution in [0, 0.1) is 6.92 Å². The third kappa shape index (κ3) is 3.60. The molecule has 0 fully saturated rings. The minimum Gasteiger partial charge on any atom is -0.404 e. The molecule has 9 heteroatoms. The molecule has 0 atom stereocenters. The van der Waals surface area contributed by atoms with E-state index < -0.39 is 6.36 Å². The second kappa shape index (κ2) is 5.47. The van der Waals surface area contributed by atoms with Crippen molar-refractivity contribution < 1.29 is 17.9 Å². The Morgan fingerprint density at radius 3 is 2.57 bits per heavy atom. The molecule has 0 aliphatic carbocycles. The molecule has 0 bridgehead atoms. The summed E-state index contributed by atoms with van der Waals surface area (Å²) in [4.78, 5) is 0. The maximum absolute atomic E-state index is 12.4. The van der Waals surface area contributed by atoms with Gasteiger partial charge >= 0.3 is 6.36 Å². The average Bonchev–Trinajstić information content (AvgIpc) is 2.57. The first-order valence-electron chi connectivity index (χ1n) is 5.79. The van der Waals surface area contributed by atoms with Gasteiger partial charge in [-0.05, 0) is 25.1 Å². The number of nitrogens with zero attached hydrogens (tertiary/aromatic N) is 2. The molecule has 2 rings (SSSR count). The third-order valence-electron chi connectivity index (χ3n) is 2.69. The van der Waals surface area contributed by atoms with Gasteiger partial charge in [0.25, 0.3) is 0 Å². The van der Waals surface area contributed by atoms with Crippen LogP contribution < -0.4 is 15.8 Å². The molecule has 0 saturated carbocycles. The Kier molecular flexibility index (Phi) is 4.04. The number of rotatable bonds is 3. The van der Waals surface area contributed by atoms with Crippen LogP contribution in [-0.4, -0.2) is 16.1 Å². The highest BCUT2D eigenvalue weighted by atomic mass is 79.9. The summed E-state index contributed by atoms with van der Waals surface area (Å²) in [5.41, 5.74) is 6.91. The number of ether oxygens (including phenoxy) is 1. The fraction of sp³-hybridized carbons (Fsp3) is 0.250. The zero-order valence-electron chi connectivity index (χ0n) is 11.1. The van der Waals surface area contributed by atoms with Gasteiger partial charge in [-0.25, -0.2) is 0 Å². The molecule has 0 amide bonds. The number of anilines is 3. The third-order valence-corrected chi connectivity index (χ3v) is 3.18. The Labute approximate surface area is 127 Å². The lowest BCUT2D eigenvalue weighted by molar-refractivity contribution is -0.274. The van der Waals surface area contributed by atoms with E-state index in [0.717, 1.165) is 0 Å². The lowest BCUT2D eigenvalue weighted by Gasteiger charge is -2.15. The molecule has 1 aromatic heterocycles. The van der Waals surface area contributed by atoms with Crippen molar-refractivity contribution in [3.8, 4) is 5.75 Å². The molecule has 0 aliphatic heterocycles. The van der Waals surface area contributed by atoms with Gasteiger partial charge in [0.15, 0.2) is 11.6 Å². The summed E-state index contributed by atoms with van der Waals surface area (Å²) in [6.07, 6.45) is -4.79. The van der Waals surface area contributed by atoms with Gasteiger partial charge in [0.1, 0.15) is 0 Å². The summed E-state index contributed by atoms with van der Waals surface area (Å²) in [6.45, 7) is 1.70. The van der Waals surface area contributed by atoms with Gasteiger partial charge < -0.3 is 15.8 Å². The Morgan fingerprint density at radius 1 is 1.38 bits per heavy atom. The highest BCUT2D eigenvalue weighted by Gasteiger charge is 2.32. The van der Waals surface area contributed by atoms with E-state index in [1.807, 2.05) is 0 Å². The molecule has 3 N–H and O–H groups in total. The van der Waals surface area contributed by atoms with E-state index in [1.54, 1.807) is 20.0 Å². The molecule has 5 nitrogen and oxygen atoms in total. The summed E-state index contributed by atoms with van der Waals surface area (Å²) in [6, 6.07) is 4.26. The Hall–Kier alpha value is -1.90. The summed E-state index contributed by atoms with van der Waals surface area (Å²) < 4.78 is 43.3. The van der Waals surface area contributed by atoms with Crippen LogP contribution in [-0.2, 0) is 7.05 Å². The van der Waals surface area contributed by atoms with Crippen LogP contribution in [0.1, 0.15) is 5.69 Å². The van der Waals surface area contributed by atoms with Gasteiger partial charge in [-0.15, -0.1) is 13.2 Å². The number of alkyl halides is 3. The second-order valence-corrected chi connectivity index (χ2v) is 5.20. The zero-order valence-corrected chi connectivity index (χ0v) is 12.7. The Balaban J connectivity index is 2.40. The molecule has 114 valence electrons. The van der Waals surface area contributed by atoms with Crippen molar-refractivity contribution in [3.63, 3.8) is 0 Å². The van der Waals surface area contributed by atoms with Crippen molar-refractivity contribution >= 4 is 33.1 Å². The second-order valence-electron chi connectivity index (χ2n) is 4.28. The number of aryl methyl sites for hydroxylation is 2. The molecular weight excluding hydrogens is 353 g/mol. The first-order chi connectivity index (χ1) is 9.67. The van der Waals surface area contributed by atoms with Gasteiger partial charge in [-0.1, -0.05) is 15.9 Å². The van der Waals surface area contributed by atoms with Crippen molar-refractivity contribution in [2.24, 2.45) is 7.05 Å². The van der Waals surface area contributed by atoms with Gasteiger partial charge in [0, 0.05) is 11.5 Å². The van der Waals surface area contributed by atoms with Crippen LogP contribution in [0.2, 0.25) is 0 Å². The van der Waals surface area contributed by atoms with E-state index in [9.17, 15) is 13.2 Å². The molecule has 2 aromatic rings. The molecule has 0 saturated heterocycles. The van der Waals surface area contributed by atoms with Crippen molar-refractivity contribution in [2.45, 2.75) is 13.3 Å². The largest absolute Gasteiger partial charge is 0.573 e. The number of nitrogens with two attached hydrogens (primary N) is 1.